The van der Waals surface area contributed by atoms with Crippen LogP contribution in [0, 0.1) is 0 Å². The second-order valence-electron chi connectivity index (χ2n) is 2.91. The molecule has 5 heteroatoms. The van der Waals surface area contributed by atoms with E-state index in [-0.39, 0.29) is 19.0 Å². The molecule has 1 aromatic rings. The first kappa shape index (κ1) is 11.6. The van der Waals surface area contributed by atoms with Gasteiger partial charge in [0.25, 0.3) is 0 Å². The lowest BCUT2D eigenvalue weighted by molar-refractivity contribution is 0.0699. The lowest BCUT2D eigenvalue weighted by Crippen LogP contribution is -2.09. The maximum absolute atomic E-state index is 9.38. The van der Waals surface area contributed by atoms with Crippen LogP contribution in [0.2, 0.25) is 0 Å². The molecule has 0 spiro atoms. The first-order valence-corrected chi connectivity index (χ1v) is 4.64. The molecular weight excluding hydrogens is 198 g/mol. The number of hydrogen-bond donors (Lipinski definition) is 3. The zero-order valence-electron chi connectivity index (χ0n) is 8.35. The maximum atomic E-state index is 9.38. The van der Waals surface area contributed by atoms with Crippen molar-refractivity contribution in [1.29, 1.82) is 0 Å². The summed E-state index contributed by atoms with van der Waals surface area (Å²) in [5.41, 5.74) is 6.05. The molecule has 0 unspecified atom stereocenters. The number of nitrogen functional groups attached to an aromatic ring is 1. The van der Waals surface area contributed by atoms with Crippen molar-refractivity contribution in [3.8, 4) is 11.5 Å². The van der Waals surface area contributed by atoms with Gasteiger partial charge >= 0.3 is 0 Å². The van der Waals surface area contributed by atoms with Crippen LogP contribution in [0.25, 0.3) is 0 Å². The number of aliphatic hydroxyl groups excluding tert-OH is 1. The first-order valence-electron chi connectivity index (χ1n) is 4.64. The molecule has 84 valence electrons. The number of anilines is 1. The first-order chi connectivity index (χ1) is 7.24. The molecule has 0 saturated carbocycles. The number of hydrogen-bond acceptors (Lipinski definition) is 5. The van der Waals surface area contributed by atoms with Gasteiger partial charge in [-0.05, 0) is 12.1 Å². The summed E-state index contributed by atoms with van der Waals surface area (Å²) in [4.78, 5) is 0. The normalized spacial score (nSPS) is 10.2. The van der Waals surface area contributed by atoms with Crippen molar-refractivity contribution in [2.45, 2.75) is 0 Å². The Morgan fingerprint density at radius 3 is 2.73 bits per heavy atom. The van der Waals surface area contributed by atoms with Gasteiger partial charge < -0.3 is 25.4 Å². The fourth-order valence-corrected chi connectivity index (χ4v) is 1.02. The molecule has 0 fully saturated rings. The summed E-state index contributed by atoms with van der Waals surface area (Å²) in [6.45, 7) is 0.932. The van der Waals surface area contributed by atoms with E-state index in [1.54, 1.807) is 12.1 Å². The molecule has 0 amide bonds. The summed E-state index contributed by atoms with van der Waals surface area (Å²) in [6.07, 6.45) is 0. The molecule has 0 aliphatic carbocycles. The number of aromatic hydroxyl groups is 1. The van der Waals surface area contributed by atoms with Gasteiger partial charge in [0, 0.05) is 11.8 Å². The number of nitrogens with two attached hydrogens (primary N) is 1. The maximum Gasteiger partial charge on any atom is 0.163 e. The summed E-state index contributed by atoms with van der Waals surface area (Å²) in [5, 5.41) is 17.8. The predicted octanol–water partition coefficient (Wildman–Crippen LogP) is 0.362. The molecule has 0 bridgehead atoms. The molecule has 1 rings (SSSR count). The van der Waals surface area contributed by atoms with E-state index in [9.17, 15) is 5.11 Å². The Bertz CT molecular complexity index is 303. The molecule has 15 heavy (non-hydrogen) atoms. The summed E-state index contributed by atoms with van der Waals surface area (Å²) in [6, 6.07) is 4.60. The van der Waals surface area contributed by atoms with E-state index in [1.807, 2.05) is 0 Å². The quantitative estimate of drug-likeness (QED) is 0.361. The molecule has 0 atom stereocenters. The fourth-order valence-electron chi connectivity index (χ4n) is 1.02. The molecule has 4 N–H and O–H groups in total. The average molecular weight is 213 g/mol. The standard InChI is InChI=1S/C10H15NO4/c11-8-1-2-9(13)10(7-8)15-6-5-14-4-3-12/h1-2,7,12-13H,3-6,11H2. The fraction of sp³-hybridized carbons (Fsp3) is 0.400. The summed E-state index contributed by atoms with van der Waals surface area (Å²) >= 11 is 0. The molecule has 0 radical (unpaired) electrons. The predicted molar refractivity (Wildman–Crippen MR) is 55.9 cm³/mol. The van der Waals surface area contributed by atoms with Crippen LogP contribution >= 0.6 is 0 Å². The number of rotatable bonds is 6. The van der Waals surface area contributed by atoms with Gasteiger partial charge in [-0.1, -0.05) is 0 Å². The number of ether oxygens (including phenoxy) is 2. The van der Waals surface area contributed by atoms with Crippen molar-refractivity contribution in [1.82, 2.24) is 0 Å². The van der Waals surface area contributed by atoms with E-state index < -0.39 is 0 Å². The minimum Gasteiger partial charge on any atom is -0.504 e. The van der Waals surface area contributed by atoms with Crippen LogP contribution in [0.1, 0.15) is 0 Å². The van der Waals surface area contributed by atoms with Crippen molar-refractivity contribution in [3.05, 3.63) is 18.2 Å². The van der Waals surface area contributed by atoms with Gasteiger partial charge in [0.05, 0.1) is 19.8 Å². The van der Waals surface area contributed by atoms with E-state index in [0.29, 0.717) is 24.7 Å². The average Bonchev–Trinajstić information content (AvgIpc) is 2.23. The Labute approximate surface area is 88.0 Å². The van der Waals surface area contributed by atoms with Gasteiger partial charge in [0.15, 0.2) is 11.5 Å². The van der Waals surface area contributed by atoms with Gasteiger partial charge in [-0.3, -0.25) is 0 Å². The number of benzene rings is 1. The number of phenols is 1. The summed E-state index contributed by atoms with van der Waals surface area (Å²) < 4.78 is 10.2. The molecule has 0 aliphatic rings. The second kappa shape index (κ2) is 6.10. The van der Waals surface area contributed by atoms with Crippen molar-refractivity contribution < 1.29 is 19.7 Å². The smallest absolute Gasteiger partial charge is 0.163 e. The third-order valence-electron chi connectivity index (χ3n) is 1.70. The summed E-state index contributed by atoms with van der Waals surface area (Å²) in [7, 11) is 0. The Balaban J connectivity index is 2.33. The zero-order valence-corrected chi connectivity index (χ0v) is 8.35. The van der Waals surface area contributed by atoms with Crippen molar-refractivity contribution in [2.75, 3.05) is 32.2 Å². The minimum absolute atomic E-state index is 0.0104. The van der Waals surface area contributed by atoms with Crippen LogP contribution in [0.15, 0.2) is 18.2 Å². The van der Waals surface area contributed by atoms with Crippen LogP contribution in [-0.4, -0.2) is 36.6 Å². The lowest BCUT2D eigenvalue weighted by Gasteiger charge is -2.08. The van der Waals surface area contributed by atoms with E-state index in [1.165, 1.54) is 6.07 Å². The summed E-state index contributed by atoms with van der Waals surface area (Å²) in [5.74, 6) is 0.383. The van der Waals surface area contributed by atoms with Crippen LogP contribution in [0.3, 0.4) is 0 Å². The highest BCUT2D eigenvalue weighted by molar-refractivity contribution is 5.51. The van der Waals surface area contributed by atoms with Gasteiger partial charge in [0.2, 0.25) is 0 Å². The minimum atomic E-state index is -0.0104. The van der Waals surface area contributed by atoms with E-state index in [2.05, 4.69) is 0 Å². The zero-order chi connectivity index (χ0) is 11.1. The Hall–Kier alpha value is -1.46. The molecule has 0 saturated heterocycles. The van der Waals surface area contributed by atoms with Gasteiger partial charge in [0.1, 0.15) is 6.61 Å². The van der Waals surface area contributed by atoms with Crippen LogP contribution < -0.4 is 10.5 Å². The van der Waals surface area contributed by atoms with Gasteiger partial charge in [-0.25, -0.2) is 0 Å². The van der Waals surface area contributed by atoms with E-state index in [0.717, 1.165) is 0 Å². The second-order valence-corrected chi connectivity index (χ2v) is 2.91. The Kier molecular flexibility index (Phi) is 4.73. The third kappa shape index (κ3) is 4.05. The highest BCUT2D eigenvalue weighted by Gasteiger charge is 2.01. The molecule has 1 aromatic carbocycles. The van der Waals surface area contributed by atoms with E-state index in [4.69, 9.17) is 20.3 Å². The van der Waals surface area contributed by atoms with Gasteiger partial charge in [-0.15, -0.1) is 0 Å². The topological polar surface area (TPSA) is 84.9 Å². The molecule has 0 aromatic heterocycles. The SMILES string of the molecule is Nc1ccc(O)c(OCCOCCO)c1. The monoisotopic (exact) mass is 213 g/mol. The van der Waals surface area contributed by atoms with Crippen LogP contribution in [0.4, 0.5) is 5.69 Å². The highest BCUT2D eigenvalue weighted by atomic mass is 16.5. The molecular formula is C10H15NO4. The number of phenolic OH excluding ortho intramolecular Hbond substituents is 1. The number of aliphatic hydroxyl groups is 1. The van der Waals surface area contributed by atoms with Crippen LogP contribution in [0.5, 0.6) is 11.5 Å². The van der Waals surface area contributed by atoms with Crippen molar-refractivity contribution >= 4 is 5.69 Å². The van der Waals surface area contributed by atoms with Crippen molar-refractivity contribution in [2.24, 2.45) is 0 Å². The van der Waals surface area contributed by atoms with E-state index >= 15 is 0 Å². The Morgan fingerprint density at radius 1 is 1.20 bits per heavy atom. The van der Waals surface area contributed by atoms with Crippen molar-refractivity contribution in [3.63, 3.8) is 0 Å². The van der Waals surface area contributed by atoms with Gasteiger partial charge in [-0.2, -0.15) is 0 Å². The highest BCUT2D eigenvalue weighted by Crippen LogP contribution is 2.27. The largest absolute Gasteiger partial charge is 0.504 e. The molecule has 0 heterocycles. The third-order valence-corrected chi connectivity index (χ3v) is 1.70. The molecule has 0 aliphatic heterocycles. The molecule has 5 nitrogen and oxygen atoms in total. The Morgan fingerprint density at radius 2 is 2.00 bits per heavy atom. The van der Waals surface area contributed by atoms with Crippen LogP contribution in [-0.2, 0) is 4.74 Å². The lowest BCUT2D eigenvalue weighted by atomic mass is 10.3.